The fourth-order valence-corrected chi connectivity index (χ4v) is 1.83. The Balaban J connectivity index is 2.99. The van der Waals surface area contributed by atoms with Crippen molar-refractivity contribution in [2.24, 2.45) is 5.41 Å². The average Bonchev–Trinajstić information content (AvgIpc) is 2.14. The van der Waals surface area contributed by atoms with Gasteiger partial charge in [-0.1, -0.05) is 65.7 Å². The summed E-state index contributed by atoms with van der Waals surface area (Å²) < 4.78 is 0. The Labute approximate surface area is 96.3 Å². The van der Waals surface area contributed by atoms with E-state index in [9.17, 15) is 0 Å². The van der Waals surface area contributed by atoms with E-state index < -0.39 is 0 Å². The largest absolute Gasteiger partial charge is 0.396 e. The van der Waals surface area contributed by atoms with E-state index in [-0.39, 0.29) is 0 Å². The van der Waals surface area contributed by atoms with Crippen molar-refractivity contribution in [3.05, 3.63) is 0 Å². The van der Waals surface area contributed by atoms with Gasteiger partial charge in [0.1, 0.15) is 0 Å². The molecule has 0 unspecified atom stereocenters. The van der Waals surface area contributed by atoms with E-state index in [0.29, 0.717) is 12.0 Å². The van der Waals surface area contributed by atoms with Crippen LogP contribution in [0.1, 0.15) is 78.6 Å². The lowest BCUT2D eigenvalue weighted by molar-refractivity contribution is 0.282. The van der Waals surface area contributed by atoms with Crippen molar-refractivity contribution in [2.45, 2.75) is 78.6 Å². The van der Waals surface area contributed by atoms with Crippen molar-refractivity contribution in [3.8, 4) is 0 Å². The molecule has 1 N–H and O–H groups in total. The van der Waals surface area contributed by atoms with E-state index in [1.165, 1.54) is 51.4 Å². The second-order valence-corrected chi connectivity index (χ2v) is 5.86. The van der Waals surface area contributed by atoms with Crippen LogP contribution in [0.25, 0.3) is 0 Å². The fourth-order valence-electron chi connectivity index (χ4n) is 1.83. The summed E-state index contributed by atoms with van der Waals surface area (Å²) in [5.41, 5.74) is 0.515. The Kier molecular flexibility index (Phi) is 9.18. The zero-order valence-electron chi connectivity index (χ0n) is 11.0. The SMILES string of the molecule is CC(C)(C)CCCCCCCCCCO. The summed E-state index contributed by atoms with van der Waals surface area (Å²) in [6.07, 6.45) is 11.8. The van der Waals surface area contributed by atoms with Crippen LogP contribution in [0.4, 0.5) is 0 Å². The molecule has 0 aliphatic carbocycles. The van der Waals surface area contributed by atoms with Crippen LogP contribution in [0.2, 0.25) is 0 Å². The topological polar surface area (TPSA) is 20.2 Å². The van der Waals surface area contributed by atoms with Gasteiger partial charge < -0.3 is 5.11 Å². The molecule has 1 nitrogen and oxygen atoms in total. The Morgan fingerprint density at radius 1 is 0.667 bits per heavy atom. The van der Waals surface area contributed by atoms with Gasteiger partial charge in [0.05, 0.1) is 0 Å². The van der Waals surface area contributed by atoms with Crippen LogP contribution in [0.15, 0.2) is 0 Å². The minimum absolute atomic E-state index is 0.367. The summed E-state index contributed by atoms with van der Waals surface area (Å²) in [6.45, 7) is 7.33. The molecule has 92 valence electrons. The van der Waals surface area contributed by atoms with E-state index in [2.05, 4.69) is 20.8 Å². The van der Waals surface area contributed by atoms with E-state index in [0.717, 1.165) is 6.42 Å². The normalized spacial score (nSPS) is 12.0. The van der Waals surface area contributed by atoms with E-state index >= 15 is 0 Å². The third kappa shape index (κ3) is 14.0. The fraction of sp³-hybridized carbons (Fsp3) is 1.00. The number of hydrogen-bond acceptors (Lipinski definition) is 1. The molecule has 0 aromatic rings. The highest BCUT2D eigenvalue weighted by Gasteiger charge is 2.08. The molecule has 15 heavy (non-hydrogen) atoms. The molecule has 0 atom stereocenters. The first-order valence-corrected chi connectivity index (χ1v) is 6.67. The van der Waals surface area contributed by atoms with Gasteiger partial charge in [-0.15, -0.1) is 0 Å². The van der Waals surface area contributed by atoms with Gasteiger partial charge in [-0.3, -0.25) is 0 Å². The molecule has 0 bridgehead atoms. The molecule has 0 saturated heterocycles. The molecule has 0 aliphatic heterocycles. The predicted octanol–water partition coefficient (Wildman–Crippen LogP) is 4.54. The molecule has 0 aliphatic rings. The summed E-state index contributed by atoms with van der Waals surface area (Å²) in [6, 6.07) is 0. The molecule has 1 heteroatoms. The Morgan fingerprint density at radius 2 is 1.07 bits per heavy atom. The molecular formula is C14H30O. The molecule has 0 amide bonds. The molecule has 0 spiro atoms. The van der Waals surface area contributed by atoms with E-state index in [4.69, 9.17) is 5.11 Å². The van der Waals surface area contributed by atoms with Gasteiger partial charge in [0.2, 0.25) is 0 Å². The molecule has 0 heterocycles. The van der Waals surface area contributed by atoms with Crippen molar-refractivity contribution >= 4 is 0 Å². The standard InChI is InChI=1S/C14H30O/c1-14(2,3)12-10-8-6-4-5-7-9-11-13-15/h15H,4-13H2,1-3H3. The molecular weight excluding hydrogens is 184 g/mol. The lowest BCUT2D eigenvalue weighted by Gasteiger charge is -2.17. The third-order valence-corrected chi connectivity index (χ3v) is 2.83. The van der Waals surface area contributed by atoms with Crippen LogP contribution < -0.4 is 0 Å². The van der Waals surface area contributed by atoms with Crippen LogP contribution in [-0.2, 0) is 0 Å². The second kappa shape index (κ2) is 9.21. The third-order valence-electron chi connectivity index (χ3n) is 2.83. The molecule has 0 saturated carbocycles. The smallest absolute Gasteiger partial charge is 0.0431 e. The monoisotopic (exact) mass is 214 g/mol. The highest BCUT2D eigenvalue weighted by atomic mass is 16.2. The summed E-state index contributed by atoms with van der Waals surface area (Å²) >= 11 is 0. The number of hydrogen-bond donors (Lipinski definition) is 1. The number of unbranched alkanes of at least 4 members (excludes halogenated alkanes) is 7. The zero-order valence-corrected chi connectivity index (χ0v) is 11.0. The quantitative estimate of drug-likeness (QED) is 0.559. The van der Waals surface area contributed by atoms with Gasteiger partial charge >= 0.3 is 0 Å². The maximum atomic E-state index is 8.62. The molecule has 0 radical (unpaired) electrons. The van der Waals surface area contributed by atoms with Crippen LogP contribution in [0, 0.1) is 5.41 Å². The number of aliphatic hydroxyl groups is 1. The molecule has 0 fully saturated rings. The zero-order chi connectivity index (χ0) is 11.6. The van der Waals surface area contributed by atoms with Crippen molar-refractivity contribution in [1.29, 1.82) is 0 Å². The van der Waals surface area contributed by atoms with Crippen molar-refractivity contribution in [3.63, 3.8) is 0 Å². The Bertz CT molecular complexity index is 124. The predicted molar refractivity (Wildman–Crippen MR) is 68.1 cm³/mol. The number of rotatable bonds is 9. The van der Waals surface area contributed by atoms with Crippen LogP contribution in [0.3, 0.4) is 0 Å². The summed E-state index contributed by atoms with van der Waals surface area (Å²) in [7, 11) is 0. The van der Waals surface area contributed by atoms with E-state index in [1.807, 2.05) is 0 Å². The van der Waals surface area contributed by atoms with Crippen LogP contribution in [-0.4, -0.2) is 11.7 Å². The first-order chi connectivity index (χ1) is 7.06. The minimum Gasteiger partial charge on any atom is -0.396 e. The van der Waals surface area contributed by atoms with Gasteiger partial charge in [0.25, 0.3) is 0 Å². The van der Waals surface area contributed by atoms with Crippen molar-refractivity contribution in [2.75, 3.05) is 6.61 Å². The molecule has 0 aromatic carbocycles. The van der Waals surface area contributed by atoms with Gasteiger partial charge in [-0.05, 0) is 18.3 Å². The second-order valence-electron chi connectivity index (χ2n) is 5.86. The Hall–Kier alpha value is -0.0400. The maximum absolute atomic E-state index is 8.62. The highest BCUT2D eigenvalue weighted by Crippen LogP contribution is 2.22. The first kappa shape index (κ1) is 15.0. The Morgan fingerprint density at radius 3 is 1.47 bits per heavy atom. The lowest BCUT2D eigenvalue weighted by atomic mass is 9.89. The summed E-state index contributed by atoms with van der Waals surface area (Å²) in [4.78, 5) is 0. The summed E-state index contributed by atoms with van der Waals surface area (Å²) in [5.74, 6) is 0. The van der Waals surface area contributed by atoms with Crippen LogP contribution in [0.5, 0.6) is 0 Å². The average molecular weight is 214 g/mol. The minimum atomic E-state index is 0.367. The lowest BCUT2D eigenvalue weighted by Crippen LogP contribution is -2.03. The summed E-state index contributed by atoms with van der Waals surface area (Å²) in [5, 5.41) is 8.62. The van der Waals surface area contributed by atoms with Crippen molar-refractivity contribution in [1.82, 2.24) is 0 Å². The van der Waals surface area contributed by atoms with Gasteiger partial charge in [-0.2, -0.15) is 0 Å². The first-order valence-electron chi connectivity index (χ1n) is 6.67. The molecule has 0 rings (SSSR count). The highest BCUT2D eigenvalue weighted by molar-refractivity contribution is 4.60. The van der Waals surface area contributed by atoms with Gasteiger partial charge in [0.15, 0.2) is 0 Å². The molecule has 0 aromatic heterocycles. The maximum Gasteiger partial charge on any atom is 0.0431 e. The van der Waals surface area contributed by atoms with Gasteiger partial charge in [-0.25, -0.2) is 0 Å². The number of aliphatic hydroxyl groups excluding tert-OH is 1. The van der Waals surface area contributed by atoms with Gasteiger partial charge in [0, 0.05) is 6.61 Å². The van der Waals surface area contributed by atoms with E-state index in [1.54, 1.807) is 0 Å². The van der Waals surface area contributed by atoms with Crippen molar-refractivity contribution < 1.29 is 5.11 Å². The van der Waals surface area contributed by atoms with Crippen LogP contribution >= 0.6 is 0 Å².